The molecule has 3 N–H and O–H groups in total. The quantitative estimate of drug-likeness (QED) is 0.908. The number of carbonyl (C=O) groups excluding carboxylic acids is 1. The molecule has 0 bridgehead atoms. The molecule has 2 rings (SSSR count). The SMILES string of the molecule is Cc1[nH]nc(C(=O)N(C)Cc2ccc(Cl)s2)c1N. The Bertz CT molecular complexity index is 577. The van der Waals surface area contributed by atoms with Gasteiger partial charge in [0.05, 0.1) is 22.3 Å². The van der Waals surface area contributed by atoms with E-state index < -0.39 is 0 Å². The molecule has 0 aliphatic heterocycles. The number of thiophene rings is 1. The normalized spacial score (nSPS) is 10.6. The highest BCUT2D eigenvalue weighted by Crippen LogP contribution is 2.23. The zero-order valence-corrected chi connectivity index (χ0v) is 11.6. The predicted octanol–water partition coefficient (Wildman–Crippen LogP) is 2.29. The zero-order valence-electron chi connectivity index (χ0n) is 10.0. The molecule has 18 heavy (non-hydrogen) atoms. The van der Waals surface area contributed by atoms with Gasteiger partial charge in [-0.1, -0.05) is 11.6 Å². The number of hydrogen-bond acceptors (Lipinski definition) is 4. The van der Waals surface area contributed by atoms with E-state index in [9.17, 15) is 4.79 Å². The summed E-state index contributed by atoms with van der Waals surface area (Å²) in [6, 6.07) is 3.71. The summed E-state index contributed by atoms with van der Waals surface area (Å²) in [7, 11) is 1.71. The number of aromatic nitrogens is 2. The fraction of sp³-hybridized carbons (Fsp3) is 0.273. The van der Waals surface area contributed by atoms with Crippen molar-refractivity contribution >= 4 is 34.5 Å². The molecule has 0 spiro atoms. The first-order valence-electron chi connectivity index (χ1n) is 5.29. The van der Waals surface area contributed by atoms with E-state index in [1.807, 2.05) is 12.1 Å². The Morgan fingerprint density at radius 2 is 2.33 bits per heavy atom. The van der Waals surface area contributed by atoms with Gasteiger partial charge in [-0.3, -0.25) is 9.89 Å². The standard InChI is InChI=1S/C11H13ClN4OS/c1-6-9(13)10(15-14-6)11(17)16(2)5-7-3-4-8(12)18-7/h3-4H,5,13H2,1-2H3,(H,14,15). The van der Waals surface area contributed by atoms with Crippen molar-refractivity contribution in [1.29, 1.82) is 0 Å². The van der Waals surface area contributed by atoms with Crippen LogP contribution in [0.1, 0.15) is 21.1 Å². The molecule has 0 aliphatic carbocycles. The molecule has 0 saturated carbocycles. The minimum Gasteiger partial charge on any atom is -0.395 e. The summed E-state index contributed by atoms with van der Waals surface area (Å²) in [5.41, 5.74) is 7.14. The summed E-state index contributed by atoms with van der Waals surface area (Å²) in [4.78, 5) is 14.7. The highest BCUT2D eigenvalue weighted by atomic mass is 35.5. The van der Waals surface area contributed by atoms with Crippen LogP contribution >= 0.6 is 22.9 Å². The molecular formula is C11H13ClN4OS. The van der Waals surface area contributed by atoms with Crippen LogP contribution in [-0.4, -0.2) is 28.1 Å². The smallest absolute Gasteiger partial charge is 0.276 e. The third kappa shape index (κ3) is 2.49. The van der Waals surface area contributed by atoms with Crippen LogP contribution in [0.25, 0.3) is 0 Å². The Labute approximate surface area is 114 Å². The molecule has 0 atom stereocenters. The lowest BCUT2D eigenvalue weighted by Gasteiger charge is -2.14. The number of nitrogen functional groups attached to an aromatic ring is 1. The second kappa shape index (κ2) is 4.99. The van der Waals surface area contributed by atoms with Crippen molar-refractivity contribution in [2.45, 2.75) is 13.5 Å². The molecule has 0 aromatic carbocycles. The molecule has 96 valence electrons. The Hall–Kier alpha value is -1.53. The summed E-state index contributed by atoms with van der Waals surface area (Å²) in [5.74, 6) is -0.207. The largest absolute Gasteiger partial charge is 0.395 e. The third-order valence-electron chi connectivity index (χ3n) is 2.57. The first-order chi connectivity index (χ1) is 8.49. The van der Waals surface area contributed by atoms with Gasteiger partial charge in [-0.25, -0.2) is 0 Å². The van der Waals surface area contributed by atoms with Crippen molar-refractivity contribution in [1.82, 2.24) is 15.1 Å². The second-order valence-electron chi connectivity index (χ2n) is 3.98. The van der Waals surface area contributed by atoms with Crippen LogP contribution in [0.4, 0.5) is 5.69 Å². The highest BCUT2D eigenvalue weighted by Gasteiger charge is 2.19. The van der Waals surface area contributed by atoms with E-state index in [0.29, 0.717) is 22.3 Å². The maximum absolute atomic E-state index is 12.1. The van der Waals surface area contributed by atoms with E-state index in [4.69, 9.17) is 17.3 Å². The van der Waals surface area contributed by atoms with E-state index in [1.54, 1.807) is 18.9 Å². The van der Waals surface area contributed by atoms with Gasteiger partial charge in [0.1, 0.15) is 0 Å². The number of amides is 1. The van der Waals surface area contributed by atoms with Crippen molar-refractivity contribution < 1.29 is 4.79 Å². The first-order valence-corrected chi connectivity index (χ1v) is 6.48. The number of aromatic amines is 1. The van der Waals surface area contributed by atoms with Gasteiger partial charge in [0.2, 0.25) is 0 Å². The Morgan fingerprint density at radius 3 is 2.83 bits per heavy atom. The number of halogens is 1. The van der Waals surface area contributed by atoms with Crippen LogP contribution in [0.15, 0.2) is 12.1 Å². The molecule has 7 heteroatoms. The predicted molar refractivity (Wildman–Crippen MR) is 72.9 cm³/mol. The molecule has 0 saturated heterocycles. The van der Waals surface area contributed by atoms with Crippen molar-refractivity contribution in [3.63, 3.8) is 0 Å². The van der Waals surface area contributed by atoms with Crippen LogP contribution in [-0.2, 0) is 6.54 Å². The Morgan fingerprint density at radius 1 is 1.61 bits per heavy atom. The monoisotopic (exact) mass is 284 g/mol. The number of anilines is 1. The van der Waals surface area contributed by atoms with Gasteiger partial charge in [0.25, 0.3) is 5.91 Å². The molecule has 2 aromatic heterocycles. The van der Waals surface area contributed by atoms with Gasteiger partial charge in [0, 0.05) is 11.9 Å². The number of nitrogens with zero attached hydrogens (tertiary/aromatic N) is 2. The van der Waals surface area contributed by atoms with Crippen LogP contribution in [0.5, 0.6) is 0 Å². The van der Waals surface area contributed by atoms with Gasteiger partial charge in [-0.05, 0) is 19.1 Å². The lowest BCUT2D eigenvalue weighted by molar-refractivity contribution is 0.0781. The fourth-order valence-electron chi connectivity index (χ4n) is 1.52. The second-order valence-corrected chi connectivity index (χ2v) is 5.78. The van der Waals surface area contributed by atoms with Crippen LogP contribution in [0, 0.1) is 6.92 Å². The molecule has 2 aromatic rings. The molecule has 1 amide bonds. The summed E-state index contributed by atoms with van der Waals surface area (Å²) in [6.45, 7) is 2.26. The molecule has 0 unspecified atom stereocenters. The van der Waals surface area contributed by atoms with Crippen molar-refractivity contribution in [3.05, 3.63) is 32.7 Å². The maximum atomic E-state index is 12.1. The average molecular weight is 285 g/mol. The van der Waals surface area contributed by atoms with Crippen molar-refractivity contribution in [3.8, 4) is 0 Å². The van der Waals surface area contributed by atoms with E-state index >= 15 is 0 Å². The lowest BCUT2D eigenvalue weighted by Crippen LogP contribution is -2.26. The van der Waals surface area contributed by atoms with Crippen molar-refractivity contribution in [2.24, 2.45) is 0 Å². The number of nitrogens with one attached hydrogen (secondary N) is 1. The van der Waals surface area contributed by atoms with Gasteiger partial charge < -0.3 is 10.6 Å². The topological polar surface area (TPSA) is 75.0 Å². The summed E-state index contributed by atoms with van der Waals surface area (Å²) >= 11 is 7.30. The summed E-state index contributed by atoms with van der Waals surface area (Å²) in [5, 5.41) is 6.62. The van der Waals surface area contributed by atoms with Gasteiger partial charge in [-0.15, -0.1) is 11.3 Å². The zero-order chi connectivity index (χ0) is 13.3. The number of H-pyrrole nitrogens is 1. The number of carbonyl (C=O) groups is 1. The molecule has 0 radical (unpaired) electrons. The Balaban J connectivity index is 2.12. The van der Waals surface area contributed by atoms with Crippen molar-refractivity contribution in [2.75, 3.05) is 12.8 Å². The number of rotatable bonds is 3. The maximum Gasteiger partial charge on any atom is 0.276 e. The molecule has 0 fully saturated rings. The highest BCUT2D eigenvalue weighted by molar-refractivity contribution is 7.16. The molecular weight excluding hydrogens is 272 g/mol. The van der Waals surface area contributed by atoms with Gasteiger partial charge >= 0.3 is 0 Å². The minimum atomic E-state index is -0.207. The average Bonchev–Trinajstić information content (AvgIpc) is 2.87. The number of aryl methyl sites for hydroxylation is 1. The molecule has 2 heterocycles. The fourth-order valence-corrected chi connectivity index (χ4v) is 2.67. The van der Waals surface area contributed by atoms with Crippen LogP contribution in [0.2, 0.25) is 4.34 Å². The summed E-state index contributed by atoms with van der Waals surface area (Å²) < 4.78 is 0.709. The van der Waals surface area contributed by atoms with Crippen LogP contribution in [0.3, 0.4) is 0 Å². The summed E-state index contributed by atoms with van der Waals surface area (Å²) in [6.07, 6.45) is 0. The van der Waals surface area contributed by atoms with E-state index in [0.717, 1.165) is 4.88 Å². The lowest BCUT2D eigenvalue weighted by atomic mass is 10.3. The first kappa shape index (κ1) is 12.9. The minimum absolute atomic E-state index is 0.207. The van der Waals surface area contributed by atoms with Crippen LogP contribution < -0.4 is 5.73 Å². The number of nitrogens with two attached hydrogens (primary N) is 1. The third-order valence-corrected chi connectivity index (χ3v) is 3.78. The Kier molecular flexibility index (Phi) is 3.58. The van der Waals surface area contributed by atoms with E-state index in [1.165, 1.54) is 11.3 Å². The number of hydrogen-bond donors (Lipinski definition) is 2. The van der Waals surface area contributed by atoms with Gasteiger partial charge in [-0.2, -0.15) is 5.10 Å². The molecule has 5 nitrogen and oxygen atoms in total. The van der Waals surface area contributed by atoms with Gasteiger partial charge in [0.15, 0.2) is 5.69 Å². The van der Waals surface area contributed by atoms with E-state index in [2.05, 4.69) is 10.2 Å². The van der Waals surface area contributed by atoms with E-state index in [-0.39, 0.29) is 11.6 Å². The molecule has 0 aliphatic rings.